The van der Waals surface area contributed by atoms with Crippen LogP contribution in [0.4, 0.5) is 37.1 Å². The predicted molar refractivity (Wildman–Crippen MR) is 241 cm³/mol. The maximum Gasteiger partial charge on any atom is 0.433 e. The first-order chi connectivity index (χ1) is 34.0. The van der Waals surface area contributed by atoms with Crippen LogP contribution in [0.15, 0.2) is 90.1 Å². The van der Waals surface area contributed by atoms with Crippen LogP contribution in [-0.2, 0) is 36.7 Å². The number of alkyl halides is 6. The first kappa shape index (κ1) is 57.6. The molecule has 3 aromatic heterocycles. The number of anilines is 1. The molecule has 0 aliphatic carbocycles. The number of hydrogen-bond donors (Lipinski definition) is 5. The smallest absolute Gasteiger partial charge is 0.433 e. The summed E-state index contributed by atoms with van der Waals surface area (Å²) in [6, 6.07) is 13.6. The average molecular weight is 1110 g/mol. The first-order valence-corrected chi connectivity index (χ1v) is 21.9. The van der Waals surface area contributed by atoms with Crippen molar-refractivity contribution < 1.29 is 97.7 Å². The number of methoxy groups -OCH3 is 2. The van der Waals surface area contributed by atoms with E-state index in [9.17, 15) is 58.7 Å². The molecule has 6 rings (SSSR count). The van der Waals surface area contributed by atoms with Crippen LogP contribution in [0.25, 0.3) is 10.9 Å². The summed E-state index contributed by atoms with van der Waals surface area (Å²) in [5.74, 6) is -5.47. The van der Waals surface area contributed by atoms with Crippen LogP contribution in [0.5, 0.6) is 29.0 Å². The lowest BCUT2D eigenvalue weighted by atomic mass is 10.2. The van der Waals surface area contributed by atoms with Crippen molar-refractivity contribution in [1.29, 1.82) is 0 Å². The highest BCUT2D eigenvalue weighted by atomic mass is 35.5. The molecule has 0 spiro atoms. The Bertz CT molecular complexity index is 3150. The van der Waals surface area contributed by atoms with Crippen LogP contribution in [0.3, 0.4) is 0 Å². The van der Waals surface area contributed by atoms with E-state index in [4.69, 9.17) is 73.8 Å². The number of halogens is 9. The topological polar surface area (TPSA) is 302 Å². The summed E-state index contributed by atoms with van der Waals surface area (Å²) in [4.78, 5) is 70.7. The molecule has 21 nitrogen and oxygen atoms in total. The maximum atomic E-state index is 12.8. The molecule has 0 bridgehead atoms. The Labute approximate surface area is 420 Å². The zero-order valence-electron chi connectivity index (χ0n) is 36.7. The van der Waals surface area contributed by atoms with E-state index in [1.807, 2.05) is 5.32 Å². The third kappa shape index (κ3) is 16.3. The van der Waals surface area contributed by atoms with Crippen molar-refractivity contribution in [3.05, 3.63) is 123 Å². The summed E-state index contributed by atoms with van der Waals surface area (Å²) in [5.41, 5.74) is -3.30. The van der Waals surface area contributed by atoms with Crippen LogP contribution in [0, 0.1) is 0 Å². The summed E-state index contributed by atoms with van der Waals surface area (Å²) in [5, 5.41) is 27.7. The van der Waals surface area contributed by atoms with Gasteiger partial charge in [-0.25, -0.2) is 33.7 Å². The molecule has 1 atom stereocenters. The van der Waals surface area contributed by atoms with Crippen molar-refractivity contribution >= 4 is 91.6 Å². The number of aliphatic carboxylic acids is 2. The zero-order valence-corrected chi connectivity index (χ0v) is 39.8. The number of sulfonamides is 1. The Morgan fingerprint density at radius 2 is 1.37 bits per heavy atom. The Hall–Kier alpha value is -7.95. The number of carboxylic acid groups (broad SMARTS) is 3. The number of aromatic nitrogens is 4. The van der Waals surface area contributed by atoms with Gasteiger partial charge in [-0.15, -0.1) is 0 Å². The van der Waals surface area contributed by atoms with Gasteiger partial charge in [-0.05, 0) is 79.7 Å². The van der Waals surface area contributed by atoms with Gasteiger partial charge in [0.15, 0.2) is 17.7 Å². The third-order valence-electron chi connectivity index (χ3n) is 8.49. The van der Waals surface area contributed by atoms with E-state index in [2.05, 4.69) is 19.9 Å². The van der Waals surface area contributed by atoms with E-state index < -0.39 is 92.8 Å². The Balaban J connectivity index is 0.000000247. The van der Waals surface area contributed by atoms with Gasteiger partial charge in [0.1, 0.15) is 28.5 Å². The van der Waals surface area contributed by atoms with Gasteiger partial charge in [-0.3, -0.25) is 10.3 Å². The molecule has 6 aromatic rings. The number of pyridine rings is 2. The summed E-state index contributed by atoms with van der Waals surface area (Å²) in [7, 11) is -2.66. The van der Waals surface area contributed by atoms with Crippen LogP contribution in [-0.4, -0.2) is 101 Å². The number of benzene rings is 3. The van der Waals surface area contributed by atoms with Gasteiger partial charge in [0, 0.05) is 11.6 Å². The second kappa shape index (κ2) is 24.4. The largest absolute Gasteiger partial charge is 0.481 e. The second-order valence-electron chi connectivity index (χ2n) is 13.6. The van der Waals surface area contributed by atoms with Crippen molar-refractivity contribution in [1.82, 2.24) is 24.7 Å². The van der Waals surface area contributed by atoms with Gasteiger partial charge in [0.05, 0.1) is 52.0 Å². The van der Waals surface area contributed by atoms with E-state index >= 15 is 0 Å². The number of hydrogen-bond acceptors (Lipinski definition) is 16. The van der Waals surface area contributed by atoms with Crippen molar-refractivity contribution in [3.8, 4) is 29.0 Å². The van der Waals surface area contributed by atoms with E-state index in [1.54, 1.807) is 30.5 Å². The molecule has 0 saturated carbocycles. The molecule has 3 aromatic carbocycles. The van der Waals surface area contributed by atoms with Crippen LogP contribution in [0.2, 0.25) is 15.1 Å². The van der Waals surface area contributed by atoms with Crippen LogP contribution >= 0.6 is 34.8 Å². The predicted octanol–water partition coefficient (Wildman–Crippen LogP) is 8.90. The number of nitrogens with one attached hydrogen (secondary N) is 2. The van der Waals surface area contributed by atoms with Crippen molar-refractivity contribution in [2.75, 3.05) is 26.1 Å². The van der Waals surface area contributed by atoms with Gasteiger partial charge < -0.3 is 39.0 Å². The molecular formula is C42H31Cl3F6N6O15S. The molecule has 388 valence electrons. The fraction of sp³-hybridized carbons (Fsp3) is 0.167. The maximum absolute atomic E-state index is 12.8. The molecule has 0 unspecified atom stereocenters. The van der Waals surface area contributed by atoms with Crippen molar-refractivity contribution in [2.24, 2.45) is 0 Å². The van der Waals surface area contributed by atoms with E-state index in [-0.39, 0.29) is 38.9 Å². The third-order valence-corrected chi connectivity index (χ3v) is 10.7. The van der Waals surface area contributed by atoms with Crippen LogP contribution < -0.4 is 29.0 Å². The Morgan fingerprint density at radius 3 is 1.93 bits per heavy atom. The number of nitrogens with zero attached hydrogens (tertiary/aromatic N) is 4. The number of carbonyl (C=O) groups is 5. The molecule has 0 aliphatic heterocycles. The van der Waals surface area contributed by atoms with Gasteiger partial charge in [0.2, 0.25) is 17.7 Å². The number of fused-ring (bicyclic) bond motifs is 1. The number of esters is 1. The number of amides is 2. The second-order valence-corrected chi connectivity index (χ2v) is 16.4. The molecule has 0 radical (unpaired) electrons. The molecule has 0 fully saturated rings. The zero-order chi connectivity index (χ0) is 54.6. The lowest BCUT2D eigenvalue weighted by Gasteiger charge is -2.13. The van der Waals surface area contributed by atoms with Crippen molar-refractivity contribution in [2.45, 2.75) is 30.4 Å². The number of urea groups is 1. The quantitative estimate of drug-likeness (QED) is 0.0502. The minimum Gasteiger partial charge on any atom is -0.481 e. The molecule has 5 N–H and O–H groups in total. The minimum atomic E-state index is -5.14. The minimum absolute atomic E-state index is 0.0246. The van der Waals surface area contributed by atoms with Crippen molar-refractivity contribution in [3.63, 3.8) is 0 Å². The summed E-state index contributed by atoms with van der Waals surface area (Å²) in [6.07, 6.45) is -9.41. The highest BCUT2D eigenvalue weighted by molar-refractivity contribution is 7.90. The average Bonchev–Trinajstić information content (AvgIpc) is 3.31. The Kier molecular flexibility index (Phi) is 19.3. The molecule has 2 amide bonds. The van der Waals surface area contributed by atoms with E-state index in [0.29, 0.717) is 34.5 Å². The number of carboxylic acids is 3. The SMILES string of the molecule is COc1cc(OC)nc(NC(=O)NS(=O)(=O)c2nc(C(F)(F)F)ccc2C(=O)O)n1.C[C@H](OC(=O)c1cc(Oc2ccc(C(F)(F)F)cc2Cl)ccc1Cl)C(=O)O.O=C(O)COc1ccc(Cl)c2cccnc12. The number of carbonyl (C=O) groups excluding carboxylic acids is 2. The lowest BCUT2D eigenvalue weighted by Crippen LogP contribution is -2.36. The van der Waals surface area contributed by atoms with Gasteiger partial charge in [-0.2, -0.15) is 44.7 Å². The summed E-state index contributed by atoms with van der Waals surface area (Å²) >= 11 is 17.7. The highest BCUT2D eigenvalue weighted by Crippen LogP contribution is 2.37. The Morgan fingerprint density at radius 1 is 0.740 bits per heavy atom. The number of ether oxygens (including phenoxy) is 5. The molecule has 0 aliphatic rings. The summed E-state index contributed by atoms with van der Waals surface area (Å²) < 4.78 is 127. The molecule has 3 heterocycles. The highest BCUT2D eigenvalue weighted by Gasteiger charge is 2.37. The number of rotatable bonds is 14. The van der Waals surface area contributed by atoms with Gasteiger partial charge in [0.25, 0.3) is 10.0 Å². The summed E-state index contributed by atoms with van der Waals surface area (Å²) in [6.45, 7) is 0.768. The van der Waals surface area contributed by atoms with E-state index in [1.165, 1.54) is 37.1 Å². The molecule has 0 saturated heterocycles. The molecular weight excluding hydrogens is 1080 g/mol. The molecule has 73 heavy (non-hydrogen) atoms. The normalized spacial score (nSPS) is 11.6. The van der Waals surface area contributed by atoms with Gasteiger partial charge >= 0.3 is 42.3 Å². The fourth-order valence-corrected chi connectivity index (χ4v) is 6.87. The lowest BCUT2D eigenvalue weighted by molar-refractivity contribution is -0.146. The fourth-order valence-electron chi connectivity index (χ4n) is 5.19. The van der Waals surface area contributed by atoms with Crippen LogP contribution in [0.1, 0.15) is 38.9 Å². The first-order valence-electron chi connectivity index (χ1n) is 19.3. The number of aromatic carboxylic acids is 1. The van der Waals surface area contributed by atoms with E-state index in [0.717, 1.165) is 30.5 Å². The monoisotopic (exact) mass is 1110 g/mol. The molecule has 31 heteroatoms. The standard InChI is InChI=1S/C17H11Cl2F3O5.C14H12F3N5O7S.C11H8ClNO3/c1-8(15(23)24)26-16(25)11-7-10(3-4-12(11)18)27-14-5-2-9(6-13(14)19)17(20,21)22;1-28-8-5-9(29-2)20-12(19-8)21-13(25)22-30(26,27)10-6(11(23)24)3-4-7(18-10)14(15,16)17;12-8-3-4-9(16-6-10(14)15)11-7(8)2-1-5-13-11/h2-8H,1H3,(H,23,24);3-5H,1-2H3,(H,23,24)(H2,19,20,21,22,25);1-5H,6H2,(H,14,15)/t8-;;/m0../s1. The van der Waals surface area contributed by atoms with Gasteiger partial charge in [-0.1, -0.05) is 34.8 Å².